The van der Waals surface area contributed by atoms with E-state index in [-0.39, 0.29) is 0 Å². The highest BCUT2D eigenvalue weighted by molar-refractivity contribution is 9.11. The number of rotatable bonds is 4. The van der Waals surface area contributed by atoms with Crippen LogP contribution in [0.1, 0.15) is 11.1 Å². The van der Waals surface area contributed by atoms with Crippen LogP contribution in [-0.2, 0) is 0 Å². The summed E-state index contributed by atoms with van der Waals surface area (Å²) in [5.41, 5.74) is 6.96. The minimum absolute atomic E-state index is 1.07. The molecular formula is C26H16Br4. The quantitative estimate of drug-likeness (QED) is 0.193. The van der Waals surface area contributed by atoms with Crippen LogP contribution < -0.4 is 0 Å². The fraction of sp³-hybridized carbons (Fsp3) is 0. The Bertz CT molecular complexity index is 1140. The summed E-state index contributed by atoms with van der Waals surface area (Å²) in [4.78, 5) is 0. The highest BCUT2D eigenvalue weighted by atomic mass is 79.9. The lowest BCUT2D eigenvalue weighted by atomic mass is 10.0. The molecule has 0 aliphatic heterocycles. The first-order valence-electron chi connectivity index (χ1n) is 9.30. The molecule has 0 amide bonds. The molecule has 0 radical (unpaired) electrons. The van der Waals surface area contributed by atoms with E-state index in [1.165, 1.54) is 22.3 Å². The van der Waals surface area contributed by atoms with E-state index in [1.807, 2.05) is 12.1 Å². The normalized spacial score (nSPS) is 11.2. The Morgan fingerprint density at radius 3 is 1.13 bits per heavy atom. The average molecular weight is 648 g/mol. The highest BCUT2D eigenvalue weighted by Crippen LogP contribution is 2.36. The maximum atomic E-state index is 3.73. The Hall–Kier alpha value is -1.46. The van der Waals surface area contributed by atoms with Gasteiger partial charge in [-0.2, -0.15) is 0 Å². The van der Waals surface area contributed by atoms with Crippen molar-refractivity contribution in [2.24, 2.45) is 0 Å². The first-order valence-corrected chi connectivity index (χ1v) is 12.5. The summed E-state index contributed by atoms with van der Waals surface area (Å²) in [5.74, 6) is 0. The van der Waals surface area contributed by atoms with Gasteiger partial charge < -0.3 is 0 Å². The molecule has 0 spiro atoms. The van der Waals surface area contributed by atoms with Crippen molar-refractivity contribution in [1.82, 2.24) is 0 Å². The first-order chi connectivity index (χ1) is 14.5. The van der Waals surface area contributed by atoms with Gasteiger partial charge in [-0.25, -0.2) is 0 Å². The van der Waals surface area contributed by atoms with Crippen LogP contribution in [0.5, 0.6) is 0 Å². The minimum atomic E-state index is 1.07. The Balaban J connectivity index is 1.58. The molecule has 0 nitrogen and oxygen atoms in total. The monoisotopic (exact) mass is 644 g/mol. The molecule has 0 bridgehead atoms. The molecule has 30 heavy (non-hydrogen) atoms. The maximum Gasteiger partial charge on any atom is 0.0260 e. The van der Waals surface area contributed by atoms with Gasteiger partial charge in [0.25, 0.3) is 0 Å². The van der Waals surface area contributed by atoms with Crippen LogP contribution in [0.2, 0.25) is 0 Å². The van der Waals surface area contributed by atoms with Crippen LogP contribution in [0.15, 0.2) is 103 Å². The smallest absolute Gasteiger partial charge is 0.0260 e. The largest absolute Gasteiger partial charge is 0.0616 e. The summed E-state index contributed by atoms with van der Waals surface area (Å²) >= 11 is 14.7. The molecule has 0 atom stereocenters. The van der Waals surface area contributed by atoms with Crippen molar-refractivity contribution in [2.75, 3.05) is 0 Å². The molecule has 0 aliphatic rings. The van der Waals surface area contributed by atoms with Crippen LogP contribution in [0, 0.1) is 0 Å². The third-order valence-electron chi connectivity index (χ3n) is 4.78. The highest BCUT2D eigenvalue weighted by Gasteiger charge is 2.08. The topological polar surface area (TPSA) is 0 Å². The molecule has 0 saturated carbocycles. The van der Waals surface area contributed by atoms with Crippen LogP contribution in [0.4, 0.5) is 0 Å². The summed E-state index contributed by atoms with van der Waals surface area (Å²) in [7, 11) is 0. The first kappa shape index (κ1) is 21.8. The van der Waals surface area contributed by atoms with Crippen molar-refractivity contribution in [3.8, 4) is 22.3 Å². The lowest BCUT2D eigenvalue weighted by Crippen LogP contribution is -1.84. The van der Waals surface area contributed by atoms with Crippen molar-refractivity contribution in [3.63, 3.8) is 0 Å². The molecule has 0 unspecified atom stereocenters. The van der Waals surface area contributed by atoms with Gasteiger partial charge in [-0.05, 0) is 57.6 Å². The zero-order valence-electron chi connectivity index (χ0n) is 15.7. The van der Waals surface area contributed by atoms with Gasteiger partial charge in [-0.3, -0.25) is 0 Å². The second kappa shape index (κ2) is 9.78. The molecule has 0 saturated heterocycles. The number of benzene rings is 4. The average Bonchev–Trinajstić information content (AvgIpc) is 2.74. The third-order valence-corrected chi connectivity index (χ3v) is 7.48. The Morgan fingerprint density at radius 1 is 0.400 bits per heavy atom. The van der Waals surface area contributed by atoms with Crippen LogP contribution in [-0.4, -0.2) is 0 Å². The molecule has 0 fully saturated rings. The summed E-state index contributed by atoms with van der Waals surface area (Å²) in [6, 6.07) is 29.4. The molecule has 4 aromatic carbocycles. The fourth-order valence-electron chi connectivity index (χ4n) is 3.26. The van der Waals surface area contributed by atoms with E-state index < -0.39 is 0 Å². The van der Waals surface area contributed by atoms with E-state index in [0.717, 1.165) is 29.0 Å². The fourth-order valence-corrected chi connectivity index (χ4v) is 5.48. The minimum Gasteiger partial charge on any atom is -0.0616 e. The maximum absolute atomic E-state index is 3.73. The van der Waals surface area contributed by atoms with Gasteiger partial charge in [0.15, 0.2) is 0 Å². The van der Waals surface area contributed by atoms with Gasteiger partial charge in [0, 0.05) is 17.9 Å². The molecule has 4 heteroatoms. The molecule has 4 rings (SSSR count). The van der Waals surface area contributed by atoms with Crippen molar-refractivity contribution < 1.29 is 0 Å². The summed E-state index contributed by atoms with van der Waals surface area (Å²) in [5, 5.41) is 0. The summed E-state index contributed by atoms with van der Waals surface area (Å²) < 4.78 is 4.32. The van der Waals surface area contributed by atoms with Crippen molar-refractivity contribution in [1.29, 1.82) is 0 Å². The zero-order chi connectivity index (χ0) is 21.1. The zero-order valence-corrected chi connectivity index (χ0v) is 22.1. The van der Waals surface area contributed by atoms with Gasteiger partial charge in [0.05, 0.1) is 0 Å². The van der Waals surface area contributed by atoms with Crippen LogP contribution in [0.25, 0.3) is 34.4 Å². The molecular weight excluding hydrogens is 632 g/mol. The lowest BCUT2D eigenvalue weighted by molar-refractivity contribution is 1.53. The van der Waals surface area contributed by atoms with Crippen LogP contribution >= 0.6 is 63.7 Å². The second-order valence-corrected chi connectivity index (χ2v) is 10.2. The van der Waals surface area contributed by atoms with Crippen molar-refractivity contribution in [2.45, 2.75) is 0 Å². The van der Waals surface area contributed by atoms with E-state index in [1.54, 1.807) is 0 Å². The van der Waals surface area contributed by atoms with Gasteiger partial charge in [0.1, 0.15) is 0 Å². The standard InChI is InChI=1S/C26H16Br4/c27-23-7-3-1-5-19(23)21-13-11-17(15-25(21)29)9-10-18-12-14-22(26(30)16-18)20-6-2-4-8-24(20)28/h1-16H/b10-9+. The molecule has 0 aromatic heterocycles. The van der Waals surface area contributed by atoms with Gasteiger partial charge in [-0.15, -0.1) is 0 Å². The van der Waals surface area contributed by atoms with Crippen LogP contribution in [0.3, 0.4) is 0 Å². The molecule has 148 valence electrons. The van der Waals surface area contributed by atoms with Gasteiger partial charge in [0.2, 0.25) is 0 Å². The van der Waals surface area contributed by atoms with Gasteiger partial charge in [-0.1, -0.05) is 137 Å². The van der Waals surface area contributed by atoms with Crippen molar-refractivity contribution in [3.05, 3.63) is 114 Å². The van der Waals surface area contributed by atoms with Gasteiger partial charge >= 0.3 is 0 Å². The molecule has 0 aliphatic carbocycles. The predicted molar refractivity (Wildman–Crippen MR) is 143 cm³/mol. The lowest BCUT2D eigenvalue weighted by Gasteiger charge is -2.09. The Kier molecular flexibility index (Phi) is 7.09. The van der Waals surface area contributed by atoms with E-state index in [9.17, 15) is 0 Å². The predicted octanol–water partition coefficient (Wildman–Crippen LogP) is 10.2. The van der Waals surface area contributed by atoms with E-state index >= 15 is 0 Å². The molecule has 0 N–H and O–H groups in total. The SMILES string of the molecule is Brc1ccccc1-c1ccc(/C=C/c2ccc(-c3ccccc3Br)c(Br)c2)cc1Br. The second-order valence-electron chi connectivity index (χ2n) is 6.77. The summed E-state index contributed by atoms with van der Waals surface area (Å²) in [6.07, 6.45) is 4.27. The van der Waals surface area contributed by atoms with E-state index in [4.69, 9.17) is 0 Å². The Morgan fingerprint density at radius 2 is 0.767 bits per heavy atom. The number of hydrogen-bond donors (Lipinski definition) is 0. The van der Waals surface area contributed by atoms with E-state index in [2.05, 4.69) is 149 Å². The summed E-state index contributed by atoms with van der Waals surface area (Å²) in [6.45, 7) is 0. The third kappa shape index (κ3) is 4.88. The Labute approximate surface area is 210 Å². The molecule has 4 aromatic rings. The van der Waals surface area contributed by atoms with E-state index in [0.29, 0.717) is 0 Å². The number of halogens is 4. The number of hydrogen-bond acceptors (Lipinski definition) is 0. The van der Waals surface area contributed by atoms with Crippen molar-refractivity contribution >= 4 is 75.9 Å². The molecule has 0 heterocycles.